The van der Waals surface area contributed by atoms with Gasteiger partial charge in [0.05, 0.1) is 19.8 Å². The maximum atomic E-state index is 13.4. The van der Waals surface area contributed by atoms with E-state index in [2.05, 4.69) is 18.8 Å². The molecule has 1 aromatic rings. The highest BCUT2D eigenvalue weighted by molar-refractivity contribution is 7.60. The summed E-state index contributed by atoms with van der Waals surface area (Å²) in [5, 5.41) is -0.105. The third-order valence-electron chi connectivity index (χ3n) is 5.26. The van der Waals surface area contributed by atoms with Gasteiger partial charge in [0.15, 0.2) is 0 Å². The first kappa shape index (κ1) is 30.2. The molecule has 0 aliphatic carbocycles. The van der Waals surface area contributed by atoms with Gasteiger partial charge in [-0.15, -0.1) is 0 Å². The van der Waals surface area contributed by atoms with Gasteiger partial charge < -0.3 is 13.8 Å². The van der Waals surface area contributed by atoms with E-state index in [0.29, 0.717) is 5.56 Å². The van der Waals surface area contributed by atoms with Crippen LogP contribution in [0.25, 0.3) is 6.08 Å². The van der Waals surface area contributed by atoms with E-state index in [0.717, 1.165) is 18.4 Å². The highest BCUT2D eigenvalue weighted by Gasteiger charge is 2.36. The number of carbonyl (C=O) groups is 1. The predicted octanol–water partition coefficient (Wildman–Crippen LogP) is 8.13. The van der Waals surface area contributed by atoms with E-state index in [1.54, 1.807) is 20.8 Å². The second kappa shape index (κ2) is 18.5. The molecule has 0 unspecified atom stereocenters. The summed E-state index contributed by atoms with van der Waals surface area (Å²) in [5.41, 5.74) is 1.45. The summed E-state index contributed by atoms with van der Waals surface area (Å²) in [6, 6.07) is 7.48. The molecule has 0 saturated carbocycles. The summed E-state index contributed by atoms with van der Waals surface area (Å²) in [4.78, 5) is 12.7. The Hall–Kier alpha value is -1.86. The van der Waals surface area contributed by atoms with Gasteiger partial charge in [-0.05, 0) is 44.9 Å². The smallest absolute Gasteiger partial charge is 0.368 e. The van der Waals surface area contributed by atoms with Gasteiger partial charge in [0.2, 0.25) is 0 Å². The van der Waals surface area contributed by atoms with Gasteiger partial charge in [-0.3, -0.25) is 4.57 Å². The largest absolute Gasteiger partial charge is 0.462 e. The van der Waals surface area contributed by atoms with Gasteiger partial charge >= 0.3 is 13.6 Å². The molecule has 1 aromatic carbocycles. The highest BCUT2D eigenvalue weighted by atomic mass is 31.2. The fourth-order valence-corrected chi connectivity index (χ4v) is 5.15. The van der Waals surface area contributed by atoms with Crippen LogP contribution >= 0.6 is 7.60 Å². The number of ether oxygens (including phenoxy) is 1. The minimum Gasteiger partial charge on any atom is -0.462 e. The Bertz CT molecular complexity index is 840. The van der Waals surface area contributed by atoms with Crippen LogP contribution in [0.1, 0.15) is 103 Å². The Morgan fingerprint density at radius 1 is 0.853 bits per heavy atom. The van der Waals surface area contributed by atoms with E-state index in [9.17, 15) is 9.36 Å². The third-order valence-corrected chi connectivity index (χ3v) is 7.36. The van der Waals surface area contributed by atoms with Crippen molar-refractivity contribution in [2.24, 2.45) is 0 Å². The lowest BCUT2D eigenvalue weighted by atomic mass is 10.1. The van der Waals surface area contributed by atoms with Gasteiger partial charge in [0, 0.05) is 12.0 Å². The summed E-state index contributed by atoms with van der Waals surface area (Å²) >= 11 is 0. The second-order valence-electron chi connectivity index (χ2n) is 8.05. The molecule has 0 saturated heterocycles. The maximum Gasteiger partial charge on any atom is 0.368 e. The van der Waals surface area contributed by atoms with Gasteiger partial charge in [-0.2, -0.15) is 0 Å². The number of rotatable bonds is 17. The van der Waals surface area contributed by atoms with Crippen LogP contribution in [0.2, 0.25) is 0 Å². The standard InChI is InChI=1S/C28H43O5P/c1-5-9-10-11-12-13-14-15-16-17-18-21-25-22-19-20-23-26(25)24-27(28(29)31-6-2)34(30,32-7-3)33-8-4/h19-20,22-24H,5-17H2,1-4H3/b27-24+. The summed E-state index contributed by atoms with van der Waals surface area (Å²) in [6.07, 6.45) is 13.9. The second-order valence-corrected chi connectivity index (χ2v) is 10.0. The first-order valence-corrected chi connectivity index (χ1v) is 14.4. The summed E-state index contributed by atoms with van der Waals surface area (Å²) in [7, 11) is -3.82. The minimum absolute atomic E-state index is 0.105. The van der Waals surface area contributed by atoms with E-state index in [1.807, 2.05) is 24.3 Å². The summed E-state index contributed by atoms with van der Waals surface area (Å²) < 4.78 is 29.3. The first-order chi connectivity index (χ1) is 16.5. The molecule has 0 amide bonds. The molecule has 0 bridgehead atoms. The number of benzene rings is 1. The molecular weight excluding hydrogens is 447 g/mol. The summed E-state index contributed by atoms with van der Waals surface area (Å²) in [5.74, 6) is 5.76. The Morgan fingerprint density at radius 2 is 1.44 bits per heavy atom. The van der Waals surface area contributed by atoms with E-state index in [4.69, 9.17) is 13.8 Å². The minimum atomic E-state index is -3.82. The van der Waals surface area contributed by atoms with Gasteiger partial charge in [-0.25, -0.2) is 4.79 Å². The molecule has 190 valence electrons. The molecule has 0 radical (unpaired) electrons. The first-order valence-electron chi connectivity index (χ1n) is 12.9. The van der Waals surface area contributed by atoms with E-state index in [1.165, 1.54) is 57.4 Å². The molecule has 0 spiro atoms. The lowest BCUT2D eigenvalue weighted by molar-refractivity contribution is -0.137. The molecule has 0 heterocycles. The fourth-order valence-electron chi connectivity index (χ4n) is 3.54. The maximum absolute atomic E-state index is 13.4. The summed E-state index contributed by atoms with van der Waals surface area (Å²) in [6.45, 7) is 7.82. The van der Waals surface area contributed by atoms with Crippen molar-refractivity contribution in [2.75, 3.05) is 19.8 Å². The number of hydrogen-bond donors (Lipinski definition) is 0. The Labute approximate surface area is 207 Å². The van der Waals surface area contributed by atoms with Crippen LogP contribution in [-0.4, -0.2) is 25.8 Å². The zero-order valence-corrected chi connectivity index (χ0v) is 22.5. The van der Waals surface area contributed by atoms with Crippen molar-refractivity contribution in [3.8, 4) is 11.8 Å². The average molecular weight is 491 g/mol. The average Bonchev–Trinajstić information content (AvgIpc) is 2.82. The molecule has 0 aliphatic rings. The molecule has 34 heavy (non-hydrogen) atoms. The molecule has 6 heteroatoms. The van der Waals surface area contributed by atoms with Crippen molar-refractivity contribution in [2.45, 2.75) is 91.9 Å². The fraction of sp³-hybridized carbons (Fsp3) is 0.607. The SMILES string of the molecule is CCCCCCCCCCCC#Cc1ccccc1/C=C(\C(=O)OCC)P(=O)(OCC)OCC. The van der Waals surface area contributed by atoms with Crippen LogP contribution in [0, 0.1) is 11.8 Å². The van der Waals surface area contributed by atoms with E-state index in [-0.39, 0.29) is 25.1 Å². The van der Waals surface area contributed by atoms with Crippen molar-refractivity contribution in [1.82, 2.24) is 0 Å². The molecule has 0 atom stereocenters. The molecule has 5 nitrogen and oxygen atoms in total. The van der Waals surface area contributed by atoms with Crippen LogP contribution in [0.3, 0.4) is 0 Å². The van der Waals surface area contributed by atoms with Crippen molar-refractivity contribution >= 4 is 19.6 Å². The lowest BCUT2D eigenvalue weighted by Gasteiger charge is -2.19. The normalized spacial score (nSPS) is 11.7. The van der Waals surface area contributed by atoms with Crippen molar-refractivity contribution in [3.63, 3.8) is 0 Å². The van der Waals surface area contributed by atoms with Gasteiger partial charge in [-0.1, -0.05) is 88.3 Å². The number of esters is 1. The Morgan fingerprint density at radius 3 is 2.03 bits per heavy atom. The molecule has 0 N–H and O–H groups in total. The predicted molar refractivity (Wildman–Crippen MR) is 141 cm³/mol. The number of carbonyl (C=O) groups excluding carboxylic acids is 1. The molecule has 0 fully saturated rings. The monoisotopic (exact) mass is 490 g/mol. The van der Waals surface area contributed by atoms with E-state index >= 15 is 0 Å². The van der Waals surface area contributed by atoms with Crippen LogP contribution in [0.4, 0.5) is 0 Å². The van der Waals surface area contributed by atoms with Crippen molar-refractivity contribution < 1.29 is 23.1 Å². The van der Waals surface area contributed by atoms with Crippen LogP contribution in [0.5, 0.6) is 0 Å². The number of unbranched alkanes of at least 4 members (excludes halogenated alkanes) is 9. The lowest BCUT2D eigenvalue weighted by Crippen LogP contribution is -2.11. The highest BCUT2D eigenvalue weighted by Crippen LogP contribution is 2.57. The molecule has 0 aliphatic heterocycles. The molecule has 1 rings (SSSR count). The van der Waals surface area contributed by atoms with E-state index < -0.39 is 13.6 Å². The van der Waals surface area contributed by atoms with Gasteiger partial charge in [0.25, 0.3) is 0 Å². The number of hydrogen-bond acceptors (Lipinski definition) is 5. The topological polar surface area (TPSA) is 61.8 Å². The van der Waals surface area contributed by atoms with Crippen molar-refractivity contribution in [1.29, 1.82) is 0 Å². The van der Waals surface area contributed by atoms with Crippen LogP contribution in [0.15, 0.2) is 29.6 Å². The van der Waals surface area contributed by atoms with Crippen molar-refractivity contribution in [3.05, 3.63) is 40.7 Å². The molecular formula is C28H43O5P. The Kier molecular flexibility index (Phi) is 16.4. The van der Waals surface area contributed by atoms with Crippen LogP contribution in [-0.2, 0) is 23.1 Å². The Balaban J connectivity index is 2.87. The third kappa shape index (κ3) is 11.5. The molecule has 0 aromatic heterocycles. The zero-order chi connectivity index (χ0) is 25.1. The van der Waals surface area contributed by atoms with Gasteiger partial charge in [0.1, 0.15) is 5.31 Å². The zero-order valence-electron chi connectivity index (χ0n) is 21.6. The van der Waals surface area contributed by atoms with Crippen LogP contribution < -0.4 is 0 Å². The quantitative estimate of drug-likeness (QED) is 0.0725.